The summed E-state index contributed by atoms with van der Waals surface area (Å²) in [5, 5.41) is 12.7. The molecule has 266 valence electrons. The summed E-state index contributed by atoms with van der Waals surface area (Å²) in [6.45, 7) is 13.1. The largest absolute Gasteiger partial charge is 0.508 e. The molecule has 0 radical (unpaired) electrons. The third-order valence-corrected chi connectivity index (χ3v) is 18.9. The minimum absolute atomic E-state index is 0.0315. The minimum atomic E-state index is -3.17. The van der Waals surface area contributed by atoms with E-state index in [1.807, 2.05) is 97.9 Å². The number of nitrogens with zero attached hydrogens (tertiary/aromatic N) is 1. The topological polar surface area (TPSA) is 93.1 Å². The van der Waals surface area contributed by atoms with Gasteiger partial charge in [0.2, 0.25) is 5.91 Å². The number of hydrogen-bond acceptors (Lipinski definition) is 6. The molecule has 4 aromatic carbocycles. The van der Waals surface area contributed by atoms with Gasteiger partial charge in [0.05, 0.1) is 18.1 Å². The number of β-lactam (4-membered cyclic amide) rings is 1. The van der Waals surface area contributed by atoms with Crippen molar-refractivity contribution in [2.45, 2.75) is 64.4 Å². The first-order valence-electron chi connectivity index (χ1n) is 17.3. The molecule has 0 aromatic heterocycles. The van der Waals surface area contributed by atoms with Crippen molar-refractivity contribution in [1.82, 2.24) is 4.90 Å². The summed E-state index contributed by atoms with van der Waals surface area (Å²) in [5.74, 6) is -1.96. The highest BCUT2D eigenvalue weighted by Gasteiger charge is 2.57. The van der Waals surface area contributed by atoms with Gasteiger partial charge in [-0.05, 0) is 53.1 Å². The number of carbonyl (C=O) groups excluding carboxylic acids is 3. The Morgan fingerprint density at radius 2 is 1.39 bits per heavy atom. The van der Waals surface area contributed by atoms with Crippen LogP contribution < -0.4 is 15.9 Å². The molecule has 1 aliphatic heterocycles. The fourth-order valence-electron chi connectivity index (χ4n) is 6.63. The van der Waals surface area contributed by atoms with E-state index in [1.165, 1.54) is 18.2 Å². The summed E-state index contributed by atoms with van der Waals surface area (Å²) in [7, 11) is -2.36. The van der Waals surface area contributed by atoms with Gasteiger partial charge in [-0.15, -0.1) is 0 Å². The molecule has 51 heavy (non-hydrogen) atoms. The van der Waals surface area contributed by atoms with Crippen LogP contribution in [0.15, 0.2) is 128 Å². The molecule has 1 heterocycles. The Bertz CT molecular complexity index is 1830. The third-order valence-electron chi connectivity index (χ3n) is 10.1. The lowest BCUT2D eigenvalue weighted by molar-refractivity contribution is -0.156. The fraction of sp³-hybridized carbons (Fsp3) is 0.286. The minimum Gasteiger partial charge on any atom is -0.508 e. The number of benzene rings is 4. The monoisotopic (exact) mass is 721 g/mol. The number of esters is 1. The van der Waals surface area contributed by atoms with Crippen molar-refractivity contribution in [2.24, 2.45) is 5.92 Å². The molecule has 5 rings (SSSR count). The SMILES string of the molecule is C=CCOC(=O)C(N1C(=O)[C@H]([C@@H](C)O[Si](C)(C)C(C)(C)C)[C@H]1CC(=O)c1cccc(O)c1)=P(c1ccccc1)(c1ccccc1)c1ccccc1. The second kappa shape index (κ2) is 15.4. The van der Waals surface area contributed by atoms with Crippen molar-refractivity contribution in [1.29, 1.82) is 0 Å². The number of rotatable bonds is 13. The number of ketones is 1. The lowest BCUT2D eigenvalue weighted by Gasteiger charge is -2.53. The Morgan fingerprint density at radius 3 is 1.84 bits per heavy atom. The van der Waals surface area contributed by atoms with Crippen LogP contribution in [0.3, 0.4) is 0 Å². The summed E-state index contributed by atoms with van der Waals surface area (Å²) in [6, 6.07) is 34.8. The molecule has 1 N–H and O–H groups in total. The molecule has 0 unspecified atom stereocenters. The van der Waals surface area contributed by atoms with Crippen LogP contribution >= 0.6 is 6.89 Å². The van der Waals surface area contributed by atoms with Gasteiger partial charge in [0, 0.05) is 18.9 Å². The molecular formula is C42H48NO6PSi. The van der Waals surface area contributed by atoms with E-state index in [4.69, 9.17) is 9.16 Å². The molecule has 0 spiro atoms. The maximum atomic E-state index is 15.0. The molecule has 4 aromatic rings. The van der Waals surface area contributed by atoms with Gasteiger partial charge in [0.25, 0.3) is 0 Å². The first kappa shape index (κ1) is 37.8. The average molecular weight is 722 g/mol. The van der Waals surface area contributed by atoms with Gasteiger partial charge in [-0.25, -0.2) is 4.79 Å². The van der Waals surface area contributed by atoms with Gasteiger partial charge >= 0.3 is 5.97 Å². The van der Waals surface area contributed by atoms with E-state index in [-0.39, 0.29) is 40.9 Å². The number of phenols is 1. The molecule has 9 heteroatoms. The van der Waals surface area contributed by atoms with Crippen LogP contribution in [-0.4, -0.2) is 60.2 Å². The van der Waals surface area contributed by atoms with Gasteiger partial charge in [0.15, 0.2) is 14.1 Å². The van der Waals surface area contributed by atoms with E-state index in [9.17, 15) is 19.5 Å². The van der Waals surface area contributed by atoms with Crippen LogP contribution in [0, 0.1) is 5.92 Å². The zero-order chi connectivity index (χ0) is 37.0. The van der Waals surface area contributed by atoms with Crippen LogP contribution in [-0.2, 0) is 18.8 Å². The molecule has 7 nitrogen and oxygen atoms in total. The average Bonchev–Trinajstić information content (AvgIpc) is 3.11. The zero-order valence-corrected chi connectivity index (χ0v) is 32.2. The molecule has 1 saturated heterocycles. The normalized spacial score (nSPS) is 16.9. The van der Waals surface area contributed by atoms with Gasteiger partial charge in [-0.3, -0.25) is 9.59 Å². The van der Waals surface area contributed by atoms with Gasteiger partial charge in [0.1, 0.15) is 17.8 Å². The van der Waals surface area contributed by atoms with Crippen molar-refractivity contribution in [2.75, 3.05) is 6.61 Å². The highest BCUT2D eigenvalue weighted by molar-refractivity contribution is 7.96. The number of hydrogen-bond donors (Lipinski definition) is 1. The molecule has 1 fully saturated rings. The predicted molar refractivity (Wildman–Crippen MR) is 210 cm³/mol. The first-order valence-corrected chi connectivity index (χ1v) is 22.0. The first-order chi connectivity index (χ1) is 24.2. The Hall–Kier alpha value is -4.49. The standard InChI is InChI=1S/C42H48NO6PSi/c1-8-27-48-41(47)40(50(33-21-12-9-13-22-33,34-23-14-10-15-24-34)35-25-16-11-17-26-35)43-36(29-37(45)31-19-18-20-32(44)28-31)38(39(43)46)30(2)49-51(6,7)42(3,4)5/h8-26,28,30,36,38,44H,1,27,29H2,2-7H3/t30-,36-,38-/m1/s1. The number of amides is 1. The van der Waals surface area contributed by atoms with Gasteiger partial charge in [-0.1, -0.05) is 137 Å². The van der Waals surface area contributed by atoms with E-state index < -0.39 is 39.2 Å². The van der Waals surface area contributed by atoms with Gasteiger partial charge < -0.3 is 19.2 Å². The molecule has 3 atom stereocenters. The van der Waals surface area contributed by atoms with Crippen LogP contribution in [0.25, 0.3) is 0 Å². The molecule has 0 saturated carbocycles. The quantitative estimate of drug-likeness (QED) is 0.0397. The van der Waals surface area contributed by atoms with Crippen molar-refractivity contribution in [3.63, 3.8) is 0 Å². The van der Waals surface area contributed by atoms with Crippen molar-refractivity contribution >= 4 is 54.2 Å². The lowest BCUT2D eigenvalue weighted by Crippen LogP contribution is -2.69. The van der Waals surface area contributed by atoms with E-state index >= 15 is 0 Å². The van der Waals surface area contributed by atoms with Crippen LogP contribution in [0.1, 0.15) is 44.5 Å². The Labute approximate surface area is 303 Å². The number of aromatic hydroxyl groups is 1. The van der Waals surface area contributed by atoms with E-state index in [2.05, 4.69) is 40.4 Å². The van der Waals surface area contributed by atoms with E-state index in [1.54, 1.807) is 17.0 Å². The summed E-state index contributed by atoms with van der Waals surface area (Å²) in [4.78, 5) is 45.4. The summed E-state index contributed by atoms with van der Waals surface area (Å²) >= 11 is 0. The number of ether oxygens (including phenoxy) is 1. The maximum absolute atomic E-state index is 15.0. The third kappa shape index (κ3) is 7.45. The Kier molecular flexibility index (Phi) is 11.4. The van der Waals surface area contributed by atoms with Crippen molar-refractivity contribution in [3.8, 4) is 5.75 Å². The van der Waals surface area contributed by atoms with Crippen LogP contribution in [0.5, 0.6) is 5.75 Å². The summed E-state index contributed by atoms with van der Waals surface area (Å²) in [5.41, 5.74) is 0.513. The summed E-state index contributed by atoms with van der Waals surface area (Å²) in [6.07, 6.45) is 0.865. The Balaban J connectivity index is 1.84. The second-order valence-electron chi connectivity index (χ2n) is 14.5. The number of likely N-dealkylation sites (tertiary alicyclic amines) is 1. The zero-order valence-electron chi connectivity index (χ0n) is 30.3. The van der Waals surface area contributed by atoms with E-state index in [0.717, 1.165) is 15.9 Å². The highest BCUT2D eigenvalue weighted by atomic mass is 31.2. The smallest absolute Gasteiger partial charge is 0.356 e. The number of Topliss-reactive ketones (excluding diaryl/α,β-unsaturated/α-hetero) is 1. The molecule has 1 aliphatic rings. The summed E-state index contributed by atoms with van der Waals surface area (Å²) < 4.78 is 12.7. The van der Waals surface area contributed by atoms with Crippen molar-refractivity contribution < 1.29 is 28.7 Å². The lowest BCUT2D eigenvalue weighted by atomic mass is 9.79. The second-order valence-corrected chi connectivity index (χ2v) is 22.5. The number of carbonyl (C=O) groups is 3. The molecule has 0 aliphatic carbocycles. The van der Waals surface area contributed by atoms with Gasteiger partial charge in [-0.2, -0.15) is 0 Å². The molecule has 0 bridgehead atoms. The molecule has 1 amide bonds. The van der Waals surface area contributed by atoms with Crippen LogP contribution in [0.4, 0.5) is 0 Å². The fourth-order valence-corrected chi connectivity index (χ4v) is 12.5. The van der Waals surface area contributed by atoms with Crippen molar-refractivity contribution in [3.05, 3.63) is 133 Å². The maximum Gasteiger partial charge on any atom is 0.356 e. The van der Waals surface area contributed by atoms with Crippen LogP contribution in [0.2, 0.25) is 18.1 Å². The van der Waals surface area contributed by atoms with E-state index in [0.29, 0.717) is 5.56 Å². The Morgan fingerprint density at radius 1 is 0.882 bits per heavy atom. The predicted octanol–water partition coefficient (Wildman–Crippen LogP) is 7.06. The number of phenolic OH excluding ortho intramolecular Hbond substituents is 1. The highest BCUT2D eigenvalue weighted by Crippen LogP contribution is 2.50. The molecular weight excluding hydrogens is 674 g/mol.